The molecule has 0 rings (SSSR count). The molecule has 0 amide bonds. The van der Waals surface area contributed by atoms with Gasteiger partial charge in [-0.2, -0.15) is 0 Å². The lowest BCUT2D eigenvalue weighted by Crippen LogP contribution is -2.08. The van der Waals surface area contributed by atoms with Crippen molar-refractivity contribution in [2.75, 3.05) is 0 Å². The van der Waals surface area contributed by atoms with Crippen molar-refractivity contribution < 1.29 is 0 Å². The van der Waals surface area contributed by atoms with E-state index in [1.165, 1.54) is 25.7 Å². The lowest BCUT2D eigenvalue weighted by Gasteiger charge is -2.21. The molecule has 0 aliphatic rings. The van der Waals surface area contributed by atoms with Gasteiger partial charge in [-0.3, -0.25) is 0 Å². The Morgan fingerprint density at radius 2 is 1.64 bits per heavy atom. The summed E-state index contributed by atoms with van der Waals surface area (Å²) in [7, 11) is 0. The fourth-order valence-electron chi connectivity index (χ4n) is 1.29. The average molecular weight is 155 g/mol. The molecule has 0 bridgehead atoms. The molecule has 11 heavy (non-hydrogen) atoms. The van der Waals surface area contributed by atoms with E-state index in [9.17, 15) is 0 Å². The number of hydrogen-bond donors (Lipinski definition) is 0. The van der Waals surface area contributed by atoms with E-state index in [0.29, 0.717) is 0 Å². The molecule has 67 valence electrons. The second kappa shape index (κ2) is 4.79. The highest BCUT2D eigenvalue weighted by Crippen LogP contribution is 2.25. The molecular formula is C11H23. The van der Waals surface area contributed by atoms with Crippen LogP contribution in [0.25, 0.3) is 0 Å². The first kappa shape index (κ1) is 11.0. The molecule has 0 aromatic rings. The van der Waals surface area contributed by atoms with Crippen molar-refractivity contribution >= 4 is 0 Å². The van der Waals surface area contributed by atoms with Crippen LogP contribution < -0.4 is 0 Å². The molecule has 0 aromatic heterocycles. The van der Waals surface area contributed by atoms with Gasteiger partial charge in [0, 0.05) is 0 Å². The normalized spacial score (nSPS) is 12.5. The molecule has 0 unspecified atom stereocenters. The first-order valence-electron chi connectivity index (χ1n) is 4.85. The standard InChI is InChI=1S/C11H23/c1-6-10(7-2)8-9-11(3,4)5/h10H,3,6-9H2,1-2,4-5H3. The Kier molecular flexibility index (Phi) is 4.79. The van der Waals surface area contributed by atoms with Gasteiger partial charge < -0.3 is 0 Å². The van der Waals surface area contributed by atoms with Crippen molar-refractivity contribution in [2.24, 2.45) is 11.3 Å². The summed E-state index contributed by atoms with van der Waals surface area (Å²) >= 11 is 0. The van der Waals surface area contributed by atoms with Crippen LogP contribution in [0.3, 0.4) is 0 Å². The summed E-state index contributed by atoms with van der Waals surface area (Å²) in [5, 5.41) is 0. The van der Waals surface area contributed by atoms with Crippen LogP contribution in [-0.2, 0) is 0 Å². The number of hydrogen-bond acceptors (Lipinski definition) is 0. The Bertz CT molecular complexity index is 82.7. The van der Waals surface area contributed by atoms with Gasteiger partial charge in [0.2, 0.25) is 0 Å². The van der Waals surface area contributed by atoms with E-state index in [1.54, 1.807) is 0 Å². The molecule has 0 saturated carbocycles. The van der Waals surface area contributed by atoms with Crippen LogP contribution in [0, 0.1) is 18.3 Å². The Labute approximate surface area is 72.4 Å². The van der Waals surface area contributed by atoms with Crippen LogP contribution in [0.4, 0.5) is 0 Å². The predicted molar refractivity (Wildman–Crippen MR) is 52.4 cm³/mol. The maximum Gasteiger partial charge on any atom is -0.0354 e. The summed E-state index contributed by atoms with van der Waals surface area (Å²) in [6.07, 6.45) is 5.27. The Morgan fingerprint density at radius 1 is 1.18 bits per heavy atom. The minimum atomic E-state index is 0.280. The first-order chi connectivity index (χ1) is 4.99. The second-order valence-electron chi connectivity index (χ2n) is 4.39. The Hall–Kier alpha value is 0. The molecule has 0 atom stereocenters. The molecule has 0 saturated heterocycles. The van der Waals surface area contributed by atoms with Gasteiger partial charge in [0.05, 0.1) is 0 Å². The molecule has 1 radical (unpaired) electrons. The fourth-order valence-corrected chi connectivity index (χ4v) is 1.29. The van der Waals surface area contributed by atoms with Gasteiger partial charge in [0.25, 0.3) is 0 Å². The highest BCUT2D eigenvalue weighted by Gasteiger charge is 2.12. The summed E-state index contributed by atoms with van der Waals surface area (Å²) in [6, 6.07) is 0. The molecule has 0 aromatic carbocycles. The summed E-state index contributed by atoms with van der Waals surface area (Å²) in [6.45, 7) is 13.1. The zero-order valence-corrected chi connectivity index (χ0v) is 8.61. The van der Waals surface area contributed by atoms with Gasteiger partial charge in [0.1, 0.15) is 0 Å². The molecular weight excluding hydrogens is 132 g/mol. The van der Waals surface area contributed by atoms with Crippen molar-refractivity contribution in [3.05, 3.63) is 6.92 Å². The molecule has 0 fully saturated rings. The minimum Gasteiger partial charge on any atom is -0.0651 e. The third kappa shape index (κ3) is 6.40. The molecule has 0 heterocycles. The van der Waals surface area contributed by atoms with E-state index in [2.05, 4.69) is 34.6 Å². The molecule has 0 spiro atoms. The maximum absolute atomic E-state index is 4.11. The highest BCUT2D eigenvalue weighted by atomic mass is 14.2. The molecule has 0 heteroatoms. The molecule has 0 aliphatic heterocycles. The Balaban J connectivity index is 3.51. The van der Waals surface area contributed by atoms with Gasteiger partial charge in [0.15, 0.2) is 0 Å². The van der Waals surface area contributed by atoms with E-state index in [1.807, 2.05) is 0 Å². The van der Waals surface area contributed by atoms with E-state index in [4.69, 9.17) is 0 Å². The third-order valence-electron chi connectivity index (χ3n) is 2.38. The average Bonchev–Trinajstić information content (AvgIpc) is 1.88. The molecule has 0 aliphatic carbocycles. The van der Waals surface area contributed by atoms with Gasteiger partial charge in [-0.15, -0.1) is 0 Å². The second-order valence-corrected chi connectivity index (χ2v) is 4.39. The summed E-state index contributed by atoms with van der Waals surface area (Å²) in [5.74, 6) is 0.927. The van der Waals surface area contributed by atoms with Crippen molar-refractivity contribution in [3.8, 4) is 0 Å². The van der Waals surface area contributed by atoms with E-state index >= 15 is 0 Å². The molecule has 0 N–H and O–H groups in total. The fraction of sp³-hybridized carbons (Fsp3) is 0.909. The lowest BCUT2D eigenvalue weighted by atomic mass is 9.85. The van der Waals surface area contributed by atoms with E-state index in [0.717, 1.165) is 5.92 Å². The summed E-state index contributed by atoms with van der Waals surface area (Å²) in [5.41, 5.74) is 0.280. The monoisotopic (exact) mass is 155 g/mol. The zero-order valence-electron chi connectivity index (χ0n) is 8.61. The van der Waals surface area contributed by atoms with Gasteiger partial charge >= 0.3 is 0 Å². The van der Waals surface area contributed by atoms with Gasteiger partial charge in [-0.1, -0.05) is 40.5 Å². The van der Waals surface area contributed by atoms with Gasteiger partial charge in [-0.05, 0) is 31.1 Å². The molecule has 0 nitrogen and oxygen atoms in total. The summed E-state index contributed by atoms with van der Waals surface area (Å²) < 4.78 is 0. The van der Waals surface area contributed by atoms with Crippen LogP contribution >= 0.6 is 0 Å². The van der Waals surface area contributed by atoms with Crippen LogP contribution in [0.1, 0.15) is 53.4 Å². The lowest BCUT2D eigenvalue weighted by molar-refractivity contribution is 0.344. The SMILES string of the molecule is [CH2]C(C)(C)CCC(CC)CC. The van der Waals surface area contributed by atoms with Crippen LogP contribution in [0.2, 0.25) is 0 Å². The van der Waals surface area contributed by atoms with Crippen molar-refractivity contribution in [1.82, 2.24) is 0 Å². The van der Waals surface area contributed by atoms with Crippen molar-refractivity contribution in [3.63, 3.8) is 0 Å². The van der Waals surface area contributed by atoms with Crippen LogP contribution in [-0.4, -0.2) is 0 Å². The van der Waals surface area contributed by atoms with E-state index < -0.39 is 0 Å². The van der Waals surface area contributed by atoms with Crippen LogP contribution in [0.5, 0.6) is 0 Å². The minimum absolute atomic E-state index is 0.280. The van der Waals surface area contributed by atoms with Crippen LogP contribution in [0.15, 0.2) is 0 Å². The highest BCUT2D eigenvalue weighted by molar-refractivity contribution is 4.71. The topological polar surface area (TPSA) is 0 Å². The summed E-state index contributed by atoms with van der Waals surface area (Å²) in [4.78, 5) is 0. The van der Waals surface area contributed by atoms with E-state index in [-0.39, 0.29) is 5.41 Å². The van der Waals surface area contributed by atoms with Crippen molar-refractivity contribution in [1.29, 1.82) is 0 Å². The number of rotatable bonds is 5. The van der Waals surface area contributed by atoms with Gasteiger partial charge in [-0.25, -0.2) is 0 Å². The third-order valence-corrected chi connectivity index (χ3v) is 2.38. The Morgan fingerprint density at radius 3 is 1.91 bits per heavy atom. The zero-order chi connectivity index (χ0) is 8.91. The largest absolute Gasteiger partial charge is 0.0651 e. The quantitative estimate of drug-likeness (QED) is 0.561. The van der Waals surface area contributed by atoms with Crippen molar-refractivity contribution in [2.45, 2.75) is 53.4 Å². The first-order valence-corrected chi connectivity index (χ1v) is 4.85. The maximum atomic E-state index is 4.11. The smallest absolute Gasteiger partial charge is 0.0354 e. The predicted octanol–water partition coefficient (Wildman–Crippen LogP) is 4.06.